The van der Waals surface area contributed by atoms with Gasteiger partial charge in [0.25, 0.3) is 0 Å². The van der Waals surface area contributed by atoms with Crippen molar-refractivity contribution in [3.8, 4) is 0 Å². The van der Waals surface area contributed by atoms with E-state index in [0.29, 0.717) is 26.4 Å². The van der Waals surface area contributed by atoms with E-state index in [-0.39, 0.29) is 0 Å². The van der Waals surface area contributed by atoms with E-state index in [1.807, 2.05) is 13.5 Å². The molecule has 3 nitrogen and oxygen atoms in total. The minimum Gasteiger partial charge on any atom is -0.379 e. The highest BCUT2D eigenvalue weighted by Crippen LogP contribution is 2.23. The van der Waals surface area contributed by atoms with Gasteiger partial charge in [-0.15, -0.1) is 22.2 Å². The maximum atomic E-state index is 6.09. The molecule has 0 aliphatic heterocycles. The minimum atomic E-state index is -1.85. The summed E-state index contributed by atoms with van der Waals surface area (Å²) in [5.74, 6) is 0. The van der Waals surface area contributed by atoms with E-state index < -0.39 is 6.69 Å². The Balaban J connectivity index is 3.00. The predicted molar refractivity (Wildman–Crippen MR) is 108 cm³/mol. The third-order valence-corrected chi connectivity index (χ3v) is 6.22. The largest absolute Gasteiger partial charge is 0.379 e. The summed E-state index contributed by atoms with van der Waals surface area (Å²) in [5.41, 5.74) is 0. The Kier molecular flexibility index (Phi) is 19.0. The van der Waals surface area contributed by atoms with Crippen molar-refractivity contribution in [2.24, 2.45) is 0 Å². The lowest BCUT2D eigenvalue weighted by molar-refractivity contribution is 0.0162. The molecule has 0 fully saturated rings. The molecule has 24 heavy (non-hydrogen) atoms. The Bertz CT molecular complexity index is 251. The molecule has 0 amide bonds. The summed E-state index contributed by atoms with van der Waals surface area (Å²) >= 11 is 12.2. The van der Waals surface area contributed by atoms with E-state index in [1.54, 1.807) is 0 Å². The zero-order valence-electron chi connectivity index (χ0n) is 15.8. The number of hydrogen-bond acceptors (Lipinski definition) is 3. The SMILES string of the molecule is CCOCCOCCOCCCCCCCCCCC[Si](C)(Cl)Cl. The zero-order valence-corrected chi connectivity index (χ0v) is 18.3. The summed E-state index contributed by atoms with van der Waals surface area (Å²) in [5, 5.41) is 0. The second-order valence-corrected chi connectivity index (χ2v) is 14.6. The molecule has 0 radical (unpaired) electrons. The van der Waals surface area contributed by atoms with Gasteiger partial charge in [0.05, 0.1) is 26.4 Å². The second-order valence-electron chi connectivity index (χ2n) is 6.42. The van der Waals surface area contributed by atoms with E-state index in [0.717, 1.165) is 25.7 Å². The first-order chi connectivity index (χ1) is 11.6. The summed E-state index contributed by atoms with van der Waals surface area (Å²) in [6.07, 6.45) is 11.6. The van der Waals surface area contributed by atoms with E-state index in [4.69, 9.17) is 36.4 Å². The van der Waals surface area contributed by atoms with Crippen molar-refractivity contribution < 1.29 is 14.2 Å². The topological polar surface area (TPSA) is 27.7 Å². The lowest BCUT2D eigenvalue weighted by Gasteiger charge is -2.09. The maximum Gasteiger partial charge on any atom is 0.248 e. The van der Waals surface area contributed by atoms with Crippen molar-refractivity contribution in [3.05, 3.63) is 0 Å². The van der Waals surface area contributed by atoms with E-state index >= 15 is 0 Å². The van der Waals surface area contributed by atoms with Crippen molar-refractivity contribution in [3.63, 3.8) is 0 Å². The van der Waals surface area contributed by atoms with Crippen LogP contribution in [-0.2, 0) is 14.2 Å². The normalized spacial score (nSPS) is 12.0. The Morgan fingerprint density at radius 2 is 1.00 bits per heavy atom. The van der Waals surface area contributed by atoms with Gasteiger partial charge in [-0.05, 0) is 25.9 Å². The summed E-state index contributed by atoms with van der Waals surface area (Å²) < 4.78 is 16.1. The monoisotopic (exact) mass is 400 g/mol. The van der Waals surface area contributed by atoms with Crippen LogP contribution in [0.4, 0.5) is 0 Å². The molecule has 0 aliphatic rings. The Morgan fingerprint density at radius 1 is 0.583 bits per heavy atom. The summed E-state index contributed by atoms with van der Waals surface area (Å²) in [6.45, 7) is 6.46. The fourth-order valence-corrected chi connectivity index (χ4v) is 4.13. The van der Waals surface area contributed by atoms with Gasteiger partial charge in [-0.3, -0.25) is 0 Å². The molecule has 0 spiro atoms. The van der Waals surface area contributed by atoms with Crippen molar-refractivity contribution in [1.29, 1.82) is 0 Å². The molecule has 146 valence electrons. The first-order valence-corrected chi connectivity index (χ1v) is 14.4. The van der Waals surface area contributed by atoms with Gasteiger partial charge in [0, 0.05) is 13.2 Å². The highest BCUT2D eigenvalue weighted by molar-refractivity contribution is 7.44. The van der Waals surface area contributed by atoms with E-state index in [2.05, 4.69) is 0 Å². The fraction of sp³-hybridized carbons (Fsp3) is 1.00. The average Bonchev–Trinajstić information content (AvgIpc) is 2.52. The molecule has 0 aromatic heterocycles. The molecule has 6 heteroatoms. The summed E-state index contributed by atoms with van der Waals surface area (Å²) in [4.78, 5) is 0. The Hall–Kier alpha value is 0.677. The van der Waals surface area contributed by atoms with Crippen LogP contribution < -0.4 is 0 Å². The molecule has 0 heterocycles. The van der Waals surface area contributed by atoms with Crippen molar-refractivity contribution >= 4 is 28.9 Å². The van der Waals surface area contributed by atoms with Crippen molar-refractivity contribution in [2.75, 3.05) is 39.6 Å². The molecule has 0 aromatic carbocycles. The smallest absolute Gasteiger partial charge is 0.248 e. The molecular weight excluding hydrogens is 363 g/mol. The summed E-state index contributed by atoms with van der Waals surface area (Å²) in [7, 11) is 0. The number of halogens is 2. The van der Waals surface area contributed by atoms with Gasteiger partial charge in [0.1, 0.15) is 0 Å². The molecule has 0 bridgehead atoms. The molecule has 0 saturated carbocycles. The molecule has 0 N–H and O–H groups in total. The molecule has 0 unspecified atom stereocenters. The second kappa shape index (κ2) is 18.5. The highest BCUT2D eigenvalue weighted by atomic mass is 35.7. The highest BCUT2D eigenvalue weighted by Gasteiger charge is 2.19. The van der Waals surface area contributed by atoms with Crippen LogP contribution in [0, 0.1) is 0 Å². The van der Waals surface area contributed by atoms with Crippen molar-refractivity contribution in [1.82, 2.24) is 0 Å². The van der Waals surface area contributed by atoms with Crippen molar-refractivity contribution in [2.45, 2.75) is 77.3 Å². The van der Waals surface area contributed by atoms with Gasteiger partial charge in [0.2, 0.25) is 6.69 Å². The zero-order chi connectivity index (χ0) is 17.9. The number of ether oxygens (including phenoxy) is 3. The minimum absolute atomic E-state index is 0.663. The molecule has 0 aromatic rings. The van der Waals surface area contributed by atoms with Gasteiger partial charge in [-0.1, -0.05) is 51.4 Å². The third-order valence-electron chi connectivity index (χ3n) is 3.85. The molecule has 0 atom stereocenters. The lowest BCUT2D eigenvalue weighted by Crippen LogP contribution is -2.11. The standard InChI is InChI=1S/C18H38Cl2O3Si/c1-3-21-14-15-23-17-16-22-13-11-9-7-5-4-6-8-10-12-18-24(2,19)20/h3-18H2,1-2H3. The van der Waals surface area contributed by atoms with Gasteiger partial charge in [-0.25, -0.2) is 0 Å². The Morgan fingerprint density at radius 3 is 1.50 bits per heavy atom. The lowest BCUT2D eigenvalue weighted by atomic mass is 10.1. The third kappa shape index (κ3) is 22.7. The van der Waals surface area contributed by atoms with Gasteiger partial charge >= 0.3 is 0 Å². The van der Waals surface area contributed by atoms with E-state index in [1.165, 1.54) is 51.4 Å². The van der Waals surface area contributed by atoms with Crippen LogP contribution in [0.25, 0.3) is 0 Å². The quantitative estimate of drug-likeness (QED) is 0.148. The van der Waals surface area contributed by atoms with Crippen LogP contribution in [0.2, 0.25) is 12.6 Å². The van der Waals surface area contributed by atoms with Crippen LogP contribution in [0.5, 0.6) is 0 Å². The van der Waals surface area contributed by atoms with Crippen LogP contribution >= 0.6 is 22.2 Å². The number of hydrogen-bond donors (Lipinski definition) is 0. The average molecular weight is 401 g/mol. The van der Waals surface area contributed by atoms with Crippen LogP contribution in [0.3, 0.4) is 0 Å². The van der Waals surface area contributed by atoms with Crippen LogP contribution in [0.1, 0.15) is 64.7 Å². The van der Waals surface area contributed by atoms with E-state index in [9.17, 15) is 0 Å². The number of unbranched alkanes of at least 4 members (excludes halogenated alkanes) is 8. The first-order valence-electron chi connectivity index (χ1n) is 9.67. The molecular formula is C18H38Cl2O3Si. The fourth-order valence-electron chi connectivity index (χ4n) is 2.46. The molecule has 0 rings (SSSR count). The van der Waals surface area contributed by atoms with Gasteiger partial charge in [0.15, 0.2) is 0 Å². The first kappa shape index (κ1) is 24.7. The van der Waals surface area contributed by atoms with Gasteiger partial charge < -0.3 is 14.2 Å². The van der Waals surface area contributed by atoms with Gasteiger partial charge in [-0.2, -0.15) is 0 Å². The Labute approximate surface area is 160 Å². The molecule has 0 aliphatic carbocycles. The maximum absolute atomic E-state index is 6.09. The van der Waals surface area contributed by atoms with Crippen LogP contribution in [0.15, 0.2) is 0 Å². The van der Waals surface area contributed by atoms with Crippen LogP contribution in [-0.4, -0.2) is 46.3 Å². The predicted octanol–water partition coefficient (Wildman–Crippen LogP) is 6.12. The molecule has 0 saturated heterocycles. The number of rotatable bonds is 19. The summed E-state index contributed by atoms with van der Waals surface area (Å²) in [6, 6.07) is 1.04.